The van der Waals surface area contributed by atoms with Gasteiger partial charge >= 0.3 is 0 Å². The van der Waals surface area contributed by atoms with E-state index in [1.807, 2.05) is 6.07 Å². The van der Waals surface area contributed by atoms with Gasteiger partial charge in [-0.2, -0.15) is 0 Å². The van der Waals surface area contributed by atoms with Crippen molar-refractivity contribution in [3.05, 3.63) is 65.7 Å². The Labute approximate surface area is 168 Å². The Balaban J connectivity index is 1.12. The summed E-state index contributed by atoms with van der Waals surface area (Å²) in [6.07, 6.45) is 4.75. The third kappa shape index (κ3) is 4.74. The van der Waals surface area contributed by atoms with Crippen LogP contribution in [0.5, 0.6) is 0 Å². The molecule has 0 spiro atoms. The molecule has 4 heteroatoms. The molecule has 0 N–H and O–H groups in total. The zero-order chi connectivity index (χ0) is 19.2. The van der Waals surface area contributed by atoms with Gasteiger partial charge in [-0.3, -0.25) is 4.90 Å². The Kier molecular flexibility index (Phi) is 6.27. The molecule has 2 aromatic rings. The first kappa shape index (κ1) is 19.0. The van der Waals surface area contributed by atoms with E-state index in [9.17, 15) is 0 Å². The Morgan fingerprint density at radius 3 is 2.46 bits per heavy atom. The predicted octanol–water partition coefficient (Wildman–Crippen LogP) is 4.48. The average molecular weight is 378 g/mol. The summed E-state index contributed by atoms with van der Waals surface area (Å²) >= 11 is 0. The summed E-state index contributed by atoms with van der Waals surface area (Å²) in [5.41, 5.74) is 5.06. The van der Waals surface area contributed by atoms with Gasteiger partial charge in [0.15, 0.2) is 0 Å². The lowest BCUT2D eigenvalue weighted by molar-refractivity contribution is 0.0763. The van der Waals surface area contributed by atoms with Crippen LogP contribution in [0.3, 0.4) is 0 Å². The minimum absolute atomic E-state index is 0.258. The number of rotatable bonds is 7. The summed E-state index contributed by atoms with van der Waals surface area (Å²) in [6, 6.07) is 19.1. The first-order valence-electron chi connectivity index (χ1n) is 10.6. The molecule has 4 rings (SSSR count). The van der Waals surface area contributed by atoms with Gasteiger partial charge in [-0.25, -0.2) is 0 Å². The summed E-state index contributed by atoms with van der Waals surface area (Å²) in [7, 11) is 0. The standard InChI is InChI=1S/C24H31N3O/c1-20-9-5-6-13-24(20)27-17-15-26(16-18-27)14-8-7-12-22-19-23(25-28-22)21-10-3-2-4-11-21/h2-6,9-11,13,22H,7-8,12,14-19H2,1H3. The fraction of sp³-hybridized carbons (Fsp3) is 0.458. The maximum absolute atomic E-state index is 5.65. The van der Waals surface area contributed by atoms with Crippen LogP contribution < -0.4 is 4.90 Å². The van der Waals surface area contributed by atoms with Crippen LogP contribution in [0.4, 0.5) is 5.69 Å². The Bertz CT molecular complexity index is 781. The fourth-order valence-electron chi connectivity index (χ4n) is 4.22. The molecule has 2 aliphatic rings. The molecule has 4 nitrogen and oxygen atoms in total. The zero-order valence-corrected chi connectivity index (χ0v) is 16.9. The second-order valence-electron chi connectivity index (χ2n) is 7.95. The third-order valence-corrected chi connectivity index (χ3v) is 5.92. The molecule has 28 heavy (non-hydrogen) atoms. The number of hydrogen-bond donors (Lipinski definition) is 0. The van der Waals surface area contributed by atoms with Gasteiger partial charge in [0.05, 0.1) is 5.71 Å². The van der Waals surface area contributed by atoms with Crippen LogP contribution in [0, 0.1) is 6.92 Å². The lowest BCUT2D eigenvalue weighted by Crippen LogP contribution is -2.46. The van der Waals surface area contributed by atoms with Crippen molar-refractivity contribution in [2.75, 3.05) is 37.6 Å². The molecule has 0 aromatic heterocycles. The number of unbranched alkanes of at least 4 members (excludes halogenated alkanes) is 1. The van der Waals surface area contributed by atoms with Crippen molar-refractivity contribution in [3.63, 3.8) is 0 Å². The van der Waals surface area contributed by atoms with E-state index in [2.05, 4.69) is 70.4 Å². The molecule has 2 heterocycles. The van der Waals surface area contributed by atoms with E-state index in [-0.39, 0.29) is 6.10 Å². The van der Waals surface area contributed by atoms with Crippen molar-refractivity contribution in [3.8, 4) is 0 Å². The lowest BCUT2D eigenvalue weighted by Gasteiger charge is -2.36. The lowest BCUT2D eigenvalue weighted by atomic mass is 10.0. The highest BCUT2D eigenvalue weighted by Crippen LogP contribution is 2.22. The smallest absolute Gasteiger partial charge is 0.133 e. The summed E-state index contributed by atoms with van der Waals surface area (Å²) in [5.74, 6) is 0. The van der Waals surface area contributed by atoms with Crippen molar-refractivity contribution >= 4 is 11.4 Å². The average Bonchev–Trinajstić information content (AvgIpc) is 3.22. The topological polar surface area (TPSA) is 28.1 Å². The Hall–Kier alpha value is -2.33. The number of piperazine rings is 1. The van der Waals surface area contributed by atoms with Crippen LogP contribution in [0.15, 0.2) is 59.8 Å². The number of aryl methyl sites for hydroxylation is 1. The van der Waals surface area contributed by atoms with Gasteiger partial charge in [0.2, 0.25) is 0 Å². The van der Waals surface area contributed by atoms with E-state index in [0.29, 0.717) is 0 Å². The Morgan fingerprint density at radius 2 is 1.68 bits per heavy atom. The van der Waals surface area contributed by atoms with Crippen molar-refractivity contribution in [1.29, 1.82) is 0 Å². The van der Waals surface area contributed by atoms with Gasteiger partial charge in [-0.1, -0.05) is 53.7 Å². The van der Waals surface area contributed by atoms with E-state index in [0.717, 1.165) is 44.7 Å². The number of benzene rings is 2. The van der Waals surface area contributed by atoms with Crippen LogP contribution in [-0.2, 0) is 4.84 Å². The SMILES string of the molecule is Cc1ccccc1N1CCN(CCCCC2CC(c3ccccc3)=NO2)CC1. The molecule has 0 aliphatic carbocycles. The van der Waals surface area contributed by atoms with Gasteiger partial charge < -0.3 is 9.74 Å². The van der Waals surface area contributed by atoms with Crippen molar-refractivity contribution in [2.45, 2.75) is 38.7 Å². The molecule has 0 radical (unpaired) electrons. The van der Waals surface area contributed by atoms with Crippen molar-refractivity contribution in [1.82, 2.24) is 4.90 Å². The maximum Gasteiger partial charge on any atom is 0.133 e. The normalized spacial score (nSPS) is 20.1. The molecule has 148 valence electrons. The molecule has 1 unspecified atom stereocenters. The maximum atomic E-state index is 5.65. The number of hydrogen-bond acceptors (Lipinski definition) is 4. The van der Waals surface area contributed by atoms with E-state index in [4.69, 9.17) is 4.84 Å². The van der Waals surface area contributed by atoms with E-state index >= 15 is 0 Å². The molecule has 2 aromatic carbocycles. The number of para-hydroxylation sites is 1. The van der Waals surface area contributed by atoms with Crippen LogP contribution in [0.25, 0.3) is 0 Å². The number of anilines is 1. The second kappa shape index (κ2) is 9.24. The zero-order valence-electron chi connectivity index (χ0n) is 16.9. The van der Waals surface area contributed by atoms with Crippen LogP contribution in [0.2, 0.25) is 0 Å². The van der Waals surface area contributed by atoms with E-state index in [1.54, 1.807) is 0 Å². The summed E-state index contributed by atoms with van der Waals surface area (Å²) in [6.45, 7) is 7.99. The van der Waals surface area contributed by atoms with Crippen molar-refractivity contribution < 1.29 is 4.84 Å². The largest absolute Gasteiger partial charge is 0.392 e. The molecule has 1 saturated heterocycles. The molecule has 0 amide bonds. The minimum atomic E-state index is 0.258. The van der Waals surface area contributed by atoms with Crippen molar-refractivity contribution in [2.24, 2.45) is 5.16 Å². The first-order valence-corrected chi connectivity index (χ1v) is 10.6. The highest BCUT2D eigenvalue weighted by molar-refractivity contribution is 6.01. The predicted molar refractivity (Wildman–Crippen MR) is 116 cm³/mol. The summed E-state index contributed by atoms with van der Waals surface area (Å²) < 4.78 is 0. The highest BCUT2D eigenvalue weighted by atomic mass is 16.6. The number of nitrogens with zero attached hydrogens (tertiary/aromatic N) is 3. The Morgan fingerprint density at radius 1 is 0.929 bits per heavy atom. The monoisotopic (exact) mass is 377 g/mol. The van der Waals surface area contributed by atoms with Gasteiger partial charge in [0.25, 0.3) is 0 Å². The molecule has 2 aliphatic heterocycles. The second-order valence-corrected chi connectivity index (χ2v) is 7.95. The summed E-state index contributed by atoms with van der Waals surface area (Å²) in [4.78, 5) is 10.8. The quantitative estimate of drug-likeness (QED) is 0.666. The third-order valence-electron chi connectivity index (χ3n) is 5.92. The fourth-order valence-corrected chi connectivity index (χ4v) is 4.22. The van der Waals surface area contributed by atoms with Gasteiger partial charge in [0.1, 0.15) is 6.10 Å². The molecular weight excluding hydrogens is 346 g/mol. The molecule has 0 bridgehead atoms. The summed E-state index contributed by atoms with van der Waals surface area (Å²) in [5, 5.41) is 4.30. The van der Waals surface area contributed by atoms with Crippen LogP contribution in [0.1, 0.15) is 36.8 Å². The van der Waals surface area contributed by atoms with Gasteiger partial charge in [-0.05, 0) is 49.9 Å². The van der Waals surface area contributed by atoms with E-state index < -0.39 is 0 Å². The van der Waals surface area contributed by atoms with Gasteiger partial charge in [0, 0.05) is 38.3 Å². The van der Waals surface area contributed by atoms with Gasteiger partial charge in [-0.15, -0.1) is 0 Å². The first-order chi connectivity index (χ1) is 13.8. The van der Waals surface area contributed by atoms with Crippen LogP contribution in [-0.4, -0.2) is 49.4 Å². The minimum Gasteiger partial charge on any atom is -0.392 e. The van der Waals surface area contributed by atoms with E-state index in [1.165, 1.54) is 36.2 Å². The number of oxime groups is 1. The molecule has 1 atom stereocenters. The van der Waals surface area contributed by atoms with Crippen LogP contribution >= 0.6 is 0 Å². The molecule has 0 saturated carbocycles. The molecular formula is C24H31N3O. The highest BCUT2D eigenvalue weighted by Gasteiger charge is 2.22. The molecule has 1 fully saturated rings.